The van der Waals surface area contributed by atoms with Gasteiger partial charge in [0.15, 0.2) is 41.8 Å². The van der Waals surface area contributed by atoms with E-state index in [1.54, 1.807) is 6.92 Å². The van der Waals surface area contributed by atoms with Gasteiger partial charge in [-0.25, -0.2) is 0 Å². The third-order valence-electron chi connectivity index (χ3n) is 5.82. The highest BCUT2D eigenvalue weighted by Crippen LogP contribution is 2.36. The number of hydrogen-bond donors (Lipinski definition) is 0. The normalized spacial score (nSPS) is 33.1. The first-order chi connectivity index (χ1) is 19.1. The minimum Gasteiger partial charge on any atom is -0.463 e. The minimum absolute atomic E-state index is 0.339. The second-order valence-electron chi connectivity index (χ2n) is 9.25. The molecule has 0 spiro atoms. The molecule has 0 radical (unpaired) electrons. The summed E-state index contributed by atoms with van der Waals surface area (Å²) in [6, 6.07) is 0. The molecule has 15 nitrogen and oxygen atoms in total. The molecule has 41 heavy (non-hydrogen) atoms. The monoisotopic (exact) mass is 654 g/mol. The number of halogens is 1. The molecule has 2 aliphatic rings. The highest BCUT2D eigenvalue weighted by Gasteiger charge is 2.56. The van der Waals surface area contributed by atoms with Gasteiger partial charge in [0.05, 0.1) is 6.10 Å². The minimum atomic E-state index is -1.62. The quantitative estimate of drug-likeness (QED) is 0.183. The van der Waals surface area contributed by atoms with E-state index in [9.17, 15) is 28.8 Å². The zero-order valence-electron chi connectivity index (χ0n) is 23.7. The summed E-state index contributed by atoms with van der Waals surface area (Å²) >= 11 is 3.32. The summed E-state index contributed by atoms with van der Waals surface area (Å²) in [4.78, 5) is 71.9. The van der Waals surface area contributed by atoms with E-state index in [1.807, 2.05) is 0 Å². The second-order valence-corrected chi connectivity index (χ2v) is 10.2. The van der Waals surface area contributed by atoms with E-state index < -0.39 is 103 Å². The maximum absolute atomic E-state index is 12.2. The summed E-state index contributed by atoms with van der Waals surface area (Å²) in [5.41, 5.74) is 0. The lowest BCUT2D eigenvalue weighted by atomic mass is 9.95. The van der Waals surface area contributed by atoms with Crippen LogP contribution in [-0.4, -0.2) is 103 Å². The molecule has 10 atom stereocenters. The number of carbonyl (C=O) groups excluding carboxylic acids is 6. The maximum atomic E-state index is 12.2. The number of ether oxygens (including phenoxy) is 9. The van der Waals surface area contributed by atoms with Crippen molar-refractivity contribution in [2.75, 3.05) is 6.61 Å². The fourth-order valence-corrected chi connectivity index (χ4v) is 5.14. The van der Waals surface area contributed by atoms with Gasteiger partial charge in [-0.15, -0.1) is 0 Å². The van der Waals surface area contributed by atoms with E-state index in [4.69, 9.17) is 42.6 Å². The van der Waals surface area contributed by atoms with Gasteiger partial charge >= 0.3 is 35.8 Å². The number of alkyl halides is 1. The Bertz CT molecular complexity index is 986. The molecule has 2 aliphatic heterocycles. The van der Waals surface area contributed by atoms with Crippen LogP contribution in [0.15, 0.2) is 0 Å². The Hall–Kier alpha value is -2.82. The van der Waals surface area contributed by atoms with Crippen molar-refractivity contribution >= 4 is 51.7 Å². The Balaban J connectivity index is 2.63. The molecule has 0 aromatic heterocycles. The standard InChI is InChI=1S/C25H35BrO15/c1-8-16-18(34-11(3)28)20(22(24(26)39-16)37-14(6)31)41-25-23(38-15(7)32)21(36-13(5)30)19(35-12(4)29)17(40-25)9-33-10(2)27/h16-25H,8-9H2,1-7H3/t16-,17-,18-,19-,20+,21+,22-,23-,24+,25+/m1/s1. The lowest BCUT2D eigenvalue weighted by molar-refractivity contribution is -0.339. The highest BCUT2D eigenvalue weighted by atomic mass is 79.9. The SMILES string of the molecule is CC[C@H]1O[C@H](Br)[C@H](OC(C)=O)[C@@H](O[C@@H]2O[C@H](COC(C)=O)[C@@H](OC(C)=O)[C@H](OC(C)=O)[C@H]2OC(C)=O)[C@@H]1OC(C)=O. The van der Waals surface area contributed by atoms with Gasteiger partial charge in [0.2, 0.25) is 0 Å². The van der Waals surface area contributed by atoms with Crippen LogP contribution < -0.4 is 0 Å². The Morgan fingerprint density at radius 1 is 0.561 bits per heavy atom. The van der Waals surface area contributed by atoms with Crippen LogP contribution in [0, 0.1) is 0 Å². The lowest BCUT2D eigenvalue weighted by Gasteiger charge is -2.48. The Morgan fingerprint density at radius 3 is 1.46 bits per heavy atom. The topological polar surface area (TPSA) is 185 Å². The molecular weight excluding hydrogens is 620 g/mol. The van der Waals surface area contributed by atoms with Crippen LogP contribution in [-0.2, 0) is 71.4 Å². The van der Waals surface area contributed by atoms with Crippen molar-refractivity contribution in [3.05, 3.63) is 0 Å². The van der Waals surface area contributed by atoms with E-state index >= 15 is 0 Å². The highest BCUT2D eigenvalue weighted by molar-refractivity contribution is 9.09. The summed E-state index contributed by atoms with van der Waals surface area (Å²) < 4.78 is 50.3. The molecule has 0 amide bonds. The van der Waals surface area contributed by atoms with E-state index in [1.165, 1.54) is 6.92 Å². The Kier molecular flexibility index (Phi) is 12.9. The zero-order valence-corrected chi connectivity index (χ0v) is 25.3. The second kappa shape index (κ2) is 15.4. The first-order valence-electron chi connectivity index (χ1n) is 12.7. The fourth-order valence-electron chi connectivity index (χ4n) is 4.45. The molecule has 0 aromatic rings. The van der Waals surface area contributed by atoms with Crippen molar-refractivity contribution in [2.24, 2.45) is 0 Å². The predicted octanol–water partition coefficient (Wildman–Crippen LogP) is 0.848. The van der Waals surface area contributed by atoms with Gasteiger partial charge in [-0.2, -0.15) is 0 Å². The number of hydrogen-bond acceptors (Lipinski definition) is 15. The average molecular weight is 655 g/mol. The summed E-state index contributed by atoms with van der Waals surface area (Å²) in [5.74, 6) is -4.57. The Morgan fingerprint density at radius 2 is 1.00 bits per heavy atom. The molecule has 0 bridgehead atoms. The zero-order chi connectivity index (χ0) is 31.0. The number of esters is 6. The van der Waals surface area contributed by atoms with Gasteiger partial charge < -0.3 is 42.6 Å². The van der Waals surface area contributed by atoms with Gasteiger partial charge in [-0.3, -0.25) is 28.8 Å². The Labute approximate surface area is 244 Å². The van der Waals surface area contributed by atoms with Crippen molar-refractivity contribution in [2.45, 2.75) is 115 Å². The molecule has 0 N–H and O–H groups in total. The third-order valence-corrected chi connectivity index (χ3v) is 6.56. The molecule has 2 fully saturated rings. The molecule has 2 rings (SSSR count). The molecule has 16 heteroatoms. The average Bonchev–Trinajstić information content (AvgIpc) is 2.83. The van der Waals surface area contributed by atoms with Crippen LogP contribution in [0.1, 0.15) is 54.9 Å². The van der Waals surface area contributed by atoms with Crippen molar-refractivity contribution in [1.82, 2.24) is 0 Å². The summed E-state index contributed by atoms with van der Waals surface area (Å²) in [7, 11) is 0. The van der Waals surface area contributed by atoms with Gasteiger partial charge in [0.25, 0.3) is 0 Å². The largest absolute Gasteiger partial charge is 0.463 e. The van der Waals surface area contributed by atoms with Crippen LogP contribution in [0.4, 0.5) is 0 Å². The van der Waals surface area contributed by atoms with Crippen molar-refractivity contribution in [1.29, 1.82) is 0 Å². The van der Waals surface area contributed by atoms with Crippen LogP contribution in [0.25, 0.3) is 0 Å². The van der Waals surface area contributed by atoms with Gasteiger partial charge in [0.1, 0.15) is 18.8 Å². The molecule has 2 saturated heterocycles. The van der Waals surface area contributed by atoms with Gasteiger partial charge in [-0.1, -0.05) is 22.9 Å². The first kappa shape index (κ1) is 34.4. The van der Waals surface area contributed by atoms with E-state index in [0.717, 1.165) is 34.6 Å². The number of carbonyl (C=O) groups is 6. The first-order valence-corrected chi connectivity index (χ1v) is 13.7. The van der Waals surface area contributed by atoms with Crippen LogP contribution in [0.5, 0.6) is 0 Å². The molecule has 232 valence electrons. The number of rotatable bonds is 10. The molecular formula is C25H35BrO15. The van der Waals surface area contributed by atoms with Crippen molar-refractivity contribution in [3.63, 3.8) is 0 Å². The fraction of sp³-hybridized carbons (Fsp3) is 0.760. The predicted molar refractivity (Wildman–Crippen MR) is 136 cm³/mol. The molecule has 0 saturated carbocycles. The van der Waals surface area contributed by atoms with E-state index in [2.05, 4.69) is 15.9 Å². The van der Waals surface area contributed by atoms with E-state index in [-0.39, 0.29) is 0 Å². The molecule has 0 unspecified atom stereocenters. The third kappa shape index (κ3) is 9.90. The van der Waals surface area contributed by atoms with Crippen LogP contribution >= 0.6 is 15.9 Å². The van der Waals surface area contributed by atoms with Gasteiger partial charge in [-0.05, 0) is 6.42 Å². The van der Waals surface area contributed by atoms with Gasteiger partial charge in [0, 0.05) is 41.5 Å². The molecule has 2 heterocycles. The summed E-state index contributed by atoms with van der Waals surface area (Å²) in [6.45, 7) is 7.98. The summed E-state index contributed by atoms with van der Waals surface area (Å²) in [6.07, 6.45) is -11.4. The van der Waals surface area contributed by atoms with E-state index in [0.29, 0.717) is 6.42 Å². The summed E-state index contributed by atoms with van der Waals surface area (Å²) in [5, 5.41) is -0.932. The molecule has 0 aromatic carbocycles. The van der Waals surface area contributed by atoms with Crippen LogP contribution in [0.3, 0.4) is 0 Å². The van der Waals surface area contributed by atoms with Crippen molar-refractivity contribution < 1.29 is 71.4 Å². The van der Waals surface area contributed by atoms with Crippen molar-refractivity contribution in [3.8, 4) is 0 Å². The smallest absolute Gasteiger partial charge is 0.303 e. The lowest BCUT2D eigenvalue weighted by Crippen LogP contribution is -2.66. The maximum Gasteiger partial charge on any atom is 0.303 e. The van der Waals surface area contributed by atoms with Crippen LogP contribution in [0.2, 0.25) is 0 Å². The molecule has 0 aliphatic carbocycles.